The molecule has 2 N–H and O–H groups in total. The minimum absolute atomic E-state index is 0.613. The molecule has 94 valence electrons. The van der Waals surface area contributed by atoms with Crippen LogP contribution >= 0.6 is 0 Å². The van der Waals surface area contributed by atoms with Crippen LogP contribution < -0.4 is 10.6 Å². The average Bonchev–Trinajstić information content (AvgIpc) is 2.44. The van der Waals surface area contributed by atoms with E-state index in [4.69, 9.17) is 0 Å². The standard InChI is InChI=1S/C13H17N5/c1-2-7-15-12-6-9-16-13(18-12)17-10-11-5-3-4-8-14-11/h3-6,8-9H,2,7,10H2,1H3,(H2,15,16,17,18). The van der Waals surface area contributed by atoms with Crippen LogP contribution in [0, 0.1) is 0 Å². The van der Waals surface area contributed by atoms with E-state index in [0.29, 0.717) is 12.5 Å². The number of rotatable bonds is 6. The molecule has 0 aromatic carbocycles. The van der Waals surface area contributed by atoms with Gasteiger partial charge >= 0.3 is 0 Å². The highest BCUT2D eigenvalue weighted by molar-refractivity contribution is 5.39. The van der Waals surface area contributed by atoms with Crippen LogP contribution in [0.4, 0.5) is 11.8 Å². The van der Waals surface area contributed by atoms with Crippen LogP contribution in [0.25, 0.3) is 0 Å². The van der Waals surface area contributed by atoms with Crippen molar-refractivity contribution in [3.8, 4) is 0 Å². The fourth-order valence-corrected chi connectivity index (χ4v) is 1.47. The lowest BCUT2D eigenvalue weighted by Gasteiger charge is -2.07. The van der Waals surface area contributed by atoms with E-state index in [9.17, 15) is 0 Å². The highest BCUT2D eigenvalue weighted by Crippen LogP contribution is 2.06. The highest BCUT2D eigenvalue weighted by Gasteiger charge is 1.99. The van der Waals surface area contributed by atoms with E-state index in [2.05, 4.69) is 32.5 Å². The van der Waals surface area contributed by atoms with Gasteiger partial charge in [0.1, 0.15) is 5.82 Å². The minimum Gasteiger partial charge on any atom is -0.370 e. The molecular formula is C13H17N5. The second kappa shape index (κ2) is 6.54. The SMILES string of the molecule is CCCNc1ccnc(NCc2ccccn2)n1. The first-order valence-electron chi connectivity index (χ1n) is 6.09. The molecule has 0 aliphatic heterocycles. The molecule has 0 radical (unpaired) electrons. The summed E-state index contributed by atoms with van der Waals surface area (Å²) < 4.78 is 0. The Kier molecular flexibility index (Phi) is 4.46. The molecule has 0 saturated carbocycles. The number of anilines is 2. The molecule has 18 heavy (non-hydrogen) atoms. The summed E-state index contributed by atoms with van der Waals surface area (Å²) in [5.41, 5.74) is 0.966. The largest absolute Gasteiger partial charge is 0.370 e. The minimum atomic E-state index is 0.613. The van der Waals surface area contributed by atoms with Crippen LogP contribution in [-0.2, 0) is 6.54 Å². The normalized spacial score (nSPS) is 10.1. The van der Waals surface area contributed by atoms with E-state index in [1.807, 2.05) is 24.3 Å². The first-order chi connectivity index (χ1) is 8.88. The Morgan fingerprint density at radius 3 is 2.78 bits per heavy atom. The van der Waals surface area contributed by atoms with Crippen molar-refractivity contribution in [2.24, 2.45) is 0 Å². The number of hydrogen-bond donors (Lipinski definition) is 2. The maximum absolute atomic E-state index is 4.36. The summed E-state index contributed by atoms with van der Waals surface area (Å²) in [6.45, 7) is 3.66. The summed E-state index contributed by atoms with van der Waals surface area (Å²) in [4.78, 5) is 12.8. The molecule has 0 aliphatic rings. The Hall–Kier alpha value is -2.17. The van der Waals surface area contributed by atoms with Crippen molar-refractivity contribution in [2.45, 2.75) is 19.9 Å². The van der Waals surface area contributed by atoms with Gasteiger partial charge in [-0.15, -0.1) is 0 Å². The molecule has 0 fully saturated rings. The van der Waals surface area contributed by atoms with E-state index < -0.39 is 0 Å². The quantitative estimate of drug-likeness (QED) is 0.815. The smallest absolute Gasteiger partial charge is 0.224 e. The van der Waals surface area contributed by atoms with Gasteiger partial charge in [-0.05, 0) is 24.6 Å². The summed E-state index contributed by atoms with van der Waals surface area (Å²) in [5, 5.41) is 6.38. The topological polar surface area (TPSA) is 62.7 Å². The predicted octanol–water partition coefficient (Wildman–Crippen LogP) is 2.31. The summed E-state index contributed by atoms with van der Waals surface area (Å²) in [5.74, 6) is 1.46. The summed E-state index contributed by atoms with van der Waals surface area (Å²) in [6, 6.07) is 7.69. The third-order valence-electron chi connectivity index (χ3n) is 2.37. The molecule has 5 nitrogen and oxygen atoms in total. The van der Waals surface area contributed by atoms with Gasteiger partial charge in [0.05, 0.1) is 12.2 Å². The summed E-state index contributed by atoms with van der Waals surface area (Å²) in [7, 11) is 0. The molecule has 2 heterocycles. The van der Waals surface area contributed by atoms with Gasteiger partial charge in [0.2, 0.25) is 5.95 Å². The van der Waals surface area contributed by atoms with Crippen molar-refractivity contribution >= 4 is 11.8 Å². The molecule has 0 aliphatic carbocycles. The predicted molar refractivity (Wildman–Crippen MR) is 72.4 cm³/mol. The van der Waals surface area contributed by atoms with Gasteiger partial charge in [-0.25, -0.2) is 4.98 Å². The number of nitrogens with zero attached hydrogens (tertiary/aromatic N) is 3. The van der Waals surface area contributed by atoms with Gasteiger partial charge in [0, 0.05) is 18.9 Å². The Morgan fingerprint density at radius 1 is 1.06 bits per heavy atom. The van der Waals surface area contributed by atoms with Gasteiger partial charge in [0.25, 0.3) is 0 Å². The fourth-order valence-electron chi connectivity index (χ4n) is 1.47. The Balaban J connectivity index is 1.93. The first kappa shape index (κ1) is 12.3. The molecule has 0 bridgehead atoms. The molecule has 0 unspecified atom stereocenters. The second-order valence-electron chi connectivity index (χ2n) is 3.87. The molecule has 2 aromatic rings. The van der Waals surface area contributed by atoms with E-state index in [0.717, 1.165) is 24.5 Å². The van der Waals surface area contributed by atoms with Crippen LogP contribution in [0.3, 0.4) is 0 Å². The third-order valence-corrected chi connectivity index (χ3v) is 2.37. The van der Waals surface area contributed by atoms with Crippen LogP contribution in [-0.4, -0.2) is 21.5 Å². The summed E-state index contributed by atoms with van der Waals surface area (Å²) in [6.07, 6.45) is 4.59. The zero-order valence-electron chi connectivity index (χ0n) is 10.4. The molecule has 0 saturated heterocycles. The molecular weight excluding hydrogens is 226 g/mol. The van der Waals surface area contributed by atoms with Gasteiger partial charge in [-0.2, -0.15) is 4.98 Å². The Labute approximate surface area is 107 Å². The van der Waals surface area contributed by atoms with Gasteiger partial charge in [-0.1, -0.05) is 13.0 Å². The molecule has 0 atom stereocenters. The maximum atomic E-state index is 4.36. The Morgan fingerprint density at radius 2 is 2.00 bits per heavy atom. The van der Waals surface area contributed by atoms with Gasteiger partial charge in [-0.3, -0.25) is 4.98 Å². The Bertz CT molecular complexity index is 472. The van der Waals surface area contributed by atoms with Crippen molar-refractivity contribution in [1.82, 2.24) is 15.0 Å². The van der Waals surface area contributed by atoms with Crippen molar-refractivity contribution in [3.05, 3.63) is 42.4 Å². The van der Waals surface area contributed by atoms with Crippen molar-refractivity contribution in [3.63, 3.8) is 0 Å². The number of aromatic nitrogens is 3. The zero-order valence-corrected chi connectivity index (χ0v) is 10.4. The van der Waals surface area contributed by atoms with Crippen molar-refractivity contribution < 1.29 is 0 Å². The fraction of sp³-hybridized carbons (Fsp3) is 0.308. The van der Waals surface area contributed by atoms with Crippen LogP contribution in [0.2, 0.25) is 0 Å². The monoisotopic (exact) mass is 243 g/mol. The number of pyridine rings is 1. The molecule has 2 rings (SSSR count). The van der Waals surface area contributed by atoms with Gasteiger partial charge < -0.3 is 10.6 Å². The van der Waals surface area contributed by atoms with E-state index in [1.54, 1.807) is 12.4 Å². The third kappa shape index (κ3) is 3.69. The lowest BCUT2D eigenvalue weighted by Crippen LogP contribution is -2.07. The second-order valence-corrected chi connectivity index (χ2v) is 3.87. The van der Waals surface area contributed by atoms with Crippen LogP contribution in [0.15, 0.2) is 36.7 Å². The first-order valence-corrected chi connectivity index (χ1v) is 6.09. The molecule has 0 spiro atoms. The lowest BCUT2D eigenvalue weighted by molar-refractivity contribution is 0.957. The molecule has 0 amide bonds. The highest BCUT2D eigenvalue weighted by atomic mass is 15.1. The molecule has 2 aromatic heterocycles. The number of hydrogen-bond acceptors (Lipinski definition) is 5. The van der Waals surface area contributed by atoms with E-state index >= 15 is 0 Å². The van der Waals surface area contributed by atoms with Crippen molar-refractivity contribution in [1.29, 1.82) is 0 Å². The van der Waals surface area contributed by atoms with E-state index in [1.165, 1.54) is 0 Å². The average molecular weight is 243 g/mol. The maximum Gasteiger partial charge on any atom is 0.224 e. The van der Waals surface area contributed by atoms with Crippen molar-refractivity contribution in [2.75, 3.05) is 17.2 Å². The van der Waals surface area contributed by atoms with Crippen LogP contribution in [0.1, 0.15) is 19.0 Å². The van der Waals surface area contributed by atoms with Gasteiger partial charge in [0.15, 0.2) is 0 Å². The van der Waals surface area contributed by atoms with E-state index in [-0.39, 0.29) is 0 Å². The lowest BCUT2D eigenvalue weighted by atomic mass is 10.3. The summed E-state index contributed by atoms with van der Waals surface area (Å²) >= 11 is 0. The zero-order chi connectivity index (χ0) is 12.6. The molecule has 5 heteroatoms. The number of nitrogens with one attached hydrogen (secondary N) is 2. The van der Waals surface area contributed by atoms with Crippen LogP contribution in [0.5, 0.6) is 0 Å².